The normalized spacial score (nSPS) is 12.2. The van der Waals surface area contributed by atoms with Crippen LogP contribution < -0.4 is 21.6 Å². The van der Waals surface area contributed by atoms with Crippen molar-refractivity contribution in [2.75, 3.05) is 26.2 Å². The van der Waals surface area contributed by atoms with Crippen LogP contribution in [0.15, 0.2) is 17.2 Å². The number of carbonyl (C=O) groups excluding carboxylic acids is 3. The number of H-pyrrole nitrogens is 1. The van der Waals surface area contributed by atoms with Gasteiger partial charge in [0.15, 0.2) is 0 Å². The molecule has 2 atom stereocenters. The predicted molar refractivity (Wildman–Crippen MR) is 156 cm³/mol. The highest BCUT2D eigenvalue weighted by atomic mass is 16.4. The first-order valence-corrected chi connectivity index (χ1v) is 14.4. The van der Waals surface area contributed by atoms with Crippen LogP contribution in [-0.4, -0.2) is 81.9 Å². The quantitative estimate of drug-likeness (QED) is 0.122. The number of nitrogens with zero attached hydrogens (tertiary/aromatic N) is 2. The van der Waals surface area contributed by atoms with Crippen molar-refractivity contribution in [3.8, 4) is 11.8 Å². The summed E-state index contributed by atoms with van der Waals surface area (Å²) >= 11 is 0. The van der Waals surface area contributed by atoms with E-state index in [9.17, 15) is 24.0 Å². The third-order valence-corrected chi connectivity index (χ3v) is 6.22. The van der Waals surface area contributed by atoms with Crippen LogP contribution in [-0.2, 0) is 19.2 Å². The summed E-state index contributed by atoms with van der Waals surface area (Å²) in [7, 11) is 0. The van der Waals surface area contributed by atoms with Gasteiger partial charge in [0.25, 0.3) is 0 Å². The second kappa shape index (κ2) is 20.2. The third kappa shape index (κ3) is 15.6. The Hall–Kier alpha value is -3.72. The lowest BCUT2D eigenvalue weighted by Gasteiger charge is -2.25. The molecule has 12 heteroatoms. The first-order valence-electron chi connectivity index (χ1n) is 14.4. The van der Waals surface area contributed by atoms with Crippen LogP contribution in [0.4, 0.5) is 0 Å². The van der Waals surface area contributed by atoms with Crippen molar-refractivity contribution in [2.45, 2.75) is 91.1 Å². The molecule has 0 saturated heterocycles. The molecule has 0 bridgehead atoms. The summed E-state index contributed by atoms with van der Waals surface area (Å²) in [4.78, 5) is 68.8. The summed E-state index contributed by atoms with van der Waals surface area (Å²) in [5.41, 5.74) is 0.108. The molecule has 228 valence electrons. The fourth-order valence-corrected chi connectivity index (χ4v) is 4.16. The number of nitrogens with one attached hydrogen (secondary N) is 4. The number of rotatable bonds is 19. The van der Waals surface area contributed by atoms with E-state index in [1.54, 1.807) is 13.8 Å². The zero-order valence-electron chi connectivity index (χ0n) is 24.8. The van der Waals surface area contributed by atoms with Crippen molar-refractivity contribution in [3.63, 3.8) is 0 Å². The highest BCUT2D eigenvalue weighted by Crippen LogP contribution is 2.08. The van der Waals surface area contributed by atoms with E-state index in [0.29, 0.717) is 31.2 Å². The van der Waals surface area contributed by atoms with Crippen LogP contribution in [0.2, 0.25) is 0 Å². The summed E-state index contributed by atoms with van der Waals surface area (Å²) < 4.78 is 0. The van der Waals surface area contributed by atoms with Crippen LogP contribution in [0.3, 0.4) is 0 Å². The van der Waals surface area contributed by atoms with E-state index in [2.05, 4.69) is 56.5 Å². The highest BCUT2D eigenvalue weighted by molar-refractivity contribution is 5.93. The number of aliphatic carboxylic acids is 1. The fourth-order valence-electron chi connectivity index (χ4n) is 4.16. The molecular formula is C29H46N6O6. The Morgan fingerprint density at radius 3 is 2.32 bits per heavy atom. The maximum Gasteiger partial charge on any atom is 0.344 e. The fraction of sp³-hybridized carbons (Fsp3) is 0.655. The minimum Gasteiger partial charge on any atom is -0.480 e. The van der Waals surface area contributed by atoms with Gasteiger partial charge in [-0.25, -0.2) is 9.78 Å². The smallest absolute Gasteiger partial charge is 0.344 e. The summed E-state index contributed by atoms with van der Waals surface area (Å²) in [5.74, 6) is 2.98. The summed E-state index contributed by atoms with van der Waals surface area (Å²) in [5, 5.41) is 16.8. The van der Waals surface area contributed by atoms with Crippen LogP contribution >= 0.6 is 0 Å². The van der Waals surface area contributed by atoms with Gasteiger partial charge < -0.3 is 30.9 Å². The lowest BCUT2D eigenvalue weighted by Crippen LogP contribution is -2.55. The molecule has 3 amide bonds. The van der Waals surface area contributed by atoms with Gasteiger partial charge in [-0.1, -0.05) is 39.5 Å². The predicted octanol–water partition coefficient (Wildman–Crippen LogP) is 1.41. The van der Waals surface area contributed by atoms with Crippen molar-refractivity contribution < 1.29 is 24.3 Å². The summed E-state index contributed by atoms with van der Waals surface area (Å²) in [6.45, 7) is 10.2. The van der Waals surface area contributed by atoms with Gasteiger partial charge in [0.2, 0.25) is 17.7 Å². The Balaban J connectivity index is 2.70. The Kier molecular flexibility index (Phi) is 17.4. The van der Waals surface area contributed by atoms with Gasteiger partial charge in [-0.3, -0.25) is 19.2 Å². The van der Waals surface area contributed by atoms with Crippen molar-refractivity contribution >= 4 is 23.7 Å². The van der Waals surface area contributed by atoms with Gasteiger partial charge in [-0.2, -0.15) is 0 Å². The zero-order chi connectivity index (χ0) is 30.6. The number of hydrogen-bond donors (Lipinski definition) is 5. The Bertz CT molecular complexity index is 1070. The molecule has 0 radical (unpaired) electrons. The number of aromatic amines is 1. The largest absolute Gasteiger partial charge is 0.480 e. The second-order valence-electron chi connectivity index (χ2n) is 10.3. The molecule has 0 spiro atoms. The van der Waals surface area contributed by atoms with Gasteiger partial charge >= 0.3 is 11.7 Å². The molecule has 0 aromatic carbocycles. The maximum absolute atomic E-state index is 13.2. The molecule has 41 heavy (non-hydrogen) atoms. The van der Waals surface area contributed by atoms with Gasteiger partial charge in [-0.05, 0) is 64.1 Å². The van der Waals surface area contributed by atoms with Crippen LogP contribution in [0.1, 0.15) is 84.6 Å². The highest BCUT2D eigenvalue weighted by Gasteiger charge is 2.28. The number of carboxylic acid groups (broad SMARTS) is 1. The van der Waals surface area contributed by atoms with Gasteiger partial charge in [-0.15, -0.1) is 0 Å². The minimum absolute atomic E-state index is 0.156. The van der Waals surface area contributed by atoms with E-state index in [-0.39, 0.29) is 18.2 Å². The van der Waals surface area contributed by atoms with E-state index >= 15 is 0 Å². The number of hydrogen-bond acceptors (Lipinski definition) is 7. The molecule has 0 saturated carbocycles. The molecule has 1 aromatic rings. The molecule has 12 nitrogen and oxygen atoms in total. The van der Waals surface area contributed by atoms with Crippen LogP contribution in [0.25, 0.3) is 0 Å². The average Bonchev–Trinajstić information content (AvgIpc) is 2.92. The number of carboxylic acids is 1. The summed E-state index contributed by atoms with van der Waals surface area (Å²) in [6, 6.07) is -1.77. The average molecular weight is 575 g/mol. The van der Waals surface area contributed by atoms with Gasteiger partial charge in [0.1, 0.15) is 18.6 Å². The molecule has 1 rings (SSSR count). The minimum atomic E-state index is -1.18. The SMILES string of the molecule is CCCN(CCC)CCCC[C@H](NC(=O)[C@@H](NC(=O)CCCC#Cc1cnc(=O)[nH]c1)C(C)C)C(=O)NCC(=O)O. The Morgan fingerprint density at radius 1 is 1.02 bits per heavy atom. The van der Waals surface area contributed by atoms with Crippen molar-refractivity contribution in [3.05, 3.63) is 28.4 Å². The lowest BCUT2D eigenvalue weighted by molar-refractivity contribution is -0.138. The monoisotopic (exact) mass is 574 g/mol. The van der Waals surface area contributed by atoms with Crippen LogP contribution in [0.5, 0.6) is 0 Å². The molecule has 1 heterocycles. The Morgan fingerprint density at radius 2 is 1.73 bits per heavy atom. The molecular weight excluding hydrogens is 528 g/mol. The van der Waals surface area contributed by atoms with Crippen LogP contribution in [0, 0.1) is 17.8 Å². The molecule has 0 aliphatic carbocycles. The second-order valence-corrected chi connectivity index (χ2v) is 10.3. The van der Waals surface area contributed by atoms with E-state index in [0.717, 1.165) is 38.9 Å². The lowest BCUT2D eigenvalue weighted by atomic mass is 10.0. The van der Waals surface area contributed by atoms with E-state index in [1.807, 2.05) is 0 Å². The van der Waals surface area contributed by atoms with Crippen molar-refractivity contribution in [1.82, 2.24) is 30.8 Å². The standard InChI is InChI=1S/C29H46N6O6/c1-5-15-35(16-6-2)17-11-10-13-23(27(39)30-20-25(37)38)33-28(40)26(21(3)4)34-24(36)14-9-7-8-12-22-18-31-29(41)32-19-22/h18-19,21,23,26H,5-7,9-11,13-17,20H2,1-4H3,(H,30,39)(H,33,40)(H,34,36)(H,37,38)(H,31,32,41)/t23-,26-/m0/s1. The van der Waals surface area contributed by atoms with E-state index in [4.69, 9.17) is 5.11 Å². The topological polar surface area (TPSA) is 174 Å². The number of amides is 3. The third-order valence-electron chi connectivity index (χ3n) is 6.22. The number of carbonyl (C=O) groups is 4. The first-order chi connectivity index (χ1) is 19.6. The Labute approximate surface area is 242 Å². The first kappa shape index (κ1) is 35.3. The molecule has 5 N–H and O–H groups in total. The van der Waals surface area contributed by atoms with Gasteiger partial charge in [0, 0.05) is 25.2 Å². The van der Waals surface area contributed by atoms with E-state index in [1.165, 1.54) is 12.4 Å². The zero-order valence-corrected chi connectivity index (χ0v) is 24.8. The van der Waals surface area contributed by atoms with E-state index < -0.39 is 42.1 Å². The number of aromatic nitrogens is 2. The molecule has 0 aliphatic rings. The van der Waals surface area contributed by atoms with Crippen molar-refractivity contribution in [2.24, 2.45) is 5.92 Å². The molecule has 1 aromatic heterocycles. The maximum atomic E-state index is 13.2. The van der Waals surface area contributed by atoms with Gasteiger partial charge in [0.05, 0.1) is 5.56 Å². The summed E-state index contributed by atoms with van der Waals surface area (Å²) in [6.07, 6.45) is 7.86. The van der Waals surface area contributed by atoms with Crippen molar-refractivity contribution in [1.29, 1.82) is 0 Å². The molecule has 0 unspecified atom stereocenters. The molecule has 0 fully saturated rings. The molecule has 0 aliphatic heterocycles. The number of unbranched alkanes of at least 4 members (excludes halogenated alkanes) is 2.